The second kappa shape index (κ2) is 7.51. The lowest BCUT2D eigenvalue weighted by molar-refractivity contribution is -0.390. The van der Waals surface area contributed by atoms with Crippen molar-refractivity contribution < 1.29 is 23.9 Å². The van der Waals surface area contributed by atoms with Crippen LogP contribution in [0.1, 0.15) is 27.4 Å². The molecule has 0 bridgehead atoms. The molecule has 1 aromatic carbocycles. The van der Waals surface area contributed by atoms with E-state index in [1.54, 1.807) is 19.1 Å². The zero-order chi connectivity index (χ0) is 21.4. The maximum absolute atomic E-state index is 12.8. The average molecular weight is 409 g/mol. The largest absolute Gasteiger partial charge is 0.477 e. The molecule has 0 N–H and O–H groups in total. The molecule has 1 aliphatic rings. The molecule has 9 heteroatoms. The highest BCUT2D eigenvalue weighted by atomic mass is 16.7. The Balaban J connectivity index is 1.58. The number of hydrogen-bond donors (Lipinski definition) is 0. The smallest absolute Gasteiger partial charge is 0.406 e. The van der Waals surface area contributed by atoms with E-state index in [1.165, 1.54) is 6.07 Å². The molecule has 1 aliphatic heterocycles. The number of hydrogen-bond acceptors (Lipinski definition) is 7. The topological polar surface area (TPSA) is 106 Å². The van der Waals surface area contributed by atoms with Crippen LogP contribution >= 0.6 is 0 Å². The normalized spacial score (nSPS) is 12.1. The molecule has 3 heterocycles. The number of pyridine rings is 1. The van der Waals surface area contributed by atoms with Crippen LogP contribution < -0.4 is 14.2 Å². The minimum atomic E-state index is -0.627. The van der Waals surface area contributed by atoms with Crippen molar-refractivity contribution in [3.05, 3.63) is 69.2 Å². The van der Waals surface area contributed by atoms with E-state index < -0.39 is 10.7 Å². The quantitative estimate of drug-likeness (QED) is 0.347. The van der Waals surface area contributed by atoms with Crippen molar-refractivity contribution in [2.45, 2.75) is 20.8 Å². The van der Waals surface area contributed by atoms with E-state index in [4.69, 9.17) is 14.2 Å². The first-order valence-corrected chi connectivity index (χ1v) is 9.22. The number of ketones is 1. The summed E-state index contributed by atoms with van der Waals surface area (Å²) in [7, 11) is 0. The Bertz CT molecular complexity index is 1170. The van der Waals surface area contributed by atoms with Gasteiger partial charge in [0.05, 0.1) is 0 Å². The molecule has 4 rings (SSSR count). The molecule has 9 nitrogen and oxygen atoms in total. The maximum Gasteiger partial charge on any atom is 0.406 e. The van der Waals surface area contributed by atoms with Crippen LogP contribution in [-0.2, 0) is 0 Å². The summed E-state index contributed by atoms with van der Waals surface area (Å²) in [5.74, 6) is 0.594. The van der Waals surface area contributed by atoms with Crippen molar-refractivity contribution in [3.8, 4) is 22.9 Å². The van der Waals surface area contributed by atoms with Gasteiger partial charge in [0.15, 0.2) is 18.1 Å². The molecular formula is C21H19N3O6. The summed E-state index contributed by atoms with van der Waals surface area (Å²) in [4.78, 5) is 27.2. The number of Topliss-reactive ketones (excluding diaryl/α,β-unsaturated/α-hetero) is 1. The molecule has 3 aromatic rings. The number of carbonyl (C=O) groups excluding carboxylic acids is 1. The molecule has 0 spiro atoms. The Labute approximate surface area is 172 Å². The second-order valence-electron chi connectivity index (χ2n) is 6.90. The van der Waals surface area contributed by atoms with Crippen LogP contribution in [0.4, 0.5) is 5.82 Å². The standard InChI is InChI=1S/C21H19N3O6/c1-12-4-6-19(21(22-12)24(26)27)28-10-17(25)16-8-13(2)23(14(16)3)15-5-7-18-20(9-15)30-11-29-18/h4-9H,10-11H2,1-3H3. The molecule has 30 heavy (non-hydrogen) atoms. The highest BCUT2D eigenvalue weighted by Crippen LogP contribution is 2.35. The fraction of sp³-hybridized carbons (Fsp3) is 0.238. The van der Waals surface area contributed by atoms with Crippen molar-refractivity contribution in [1.29, 1.82) is 0 Å². The fourth-order valence-corrected chi connectivity index (χ4v) is 3.46. The van der Waals surface area contributed by atoms with Crippen LogP contribution in [0.25, 0.3) is 5.69 Å². The van der Waals surface area contributed by atoms with Gasteiger partial charge >= 0.3 is 5.82 Å². The zero-order valence-corrected chi connectivity index (χ0v) is 16.7. The Morgan fingerprint density at radius 3 is 2.70 bits per heavy atom. The first-order chi connectivity index (χ1) is 14.3. The number of carbonyl (C=O) groups is 1. The number of fused-ring (bicyclic) bond motifs is 1. The zero-order valence-electron chi connectivity index (χ0n) is 16.7. The Morgan fingerprint density at radius 2 is 1.93 bits per heavy atom. The van der Waals surface area contributed by atoms with E-state index in [0.29, 0.717) is 22.8 Å². The summed E-state index contributed by atoms with van der Waals surface area (Å²) in [5.41, 5.74) is 3.40. The third kappa shape index (κ3) is 3.45. The van der Waals surface area contributed by atoms with E-state index in [9.17, 15) is 14.9 Å². The molecular weight excluding hydrogens is 390 g/mol. The molecule has 0 saturated carbocycles. The summed E-state index contributed by atoms with van der Waals surface area (Å²) < 4.78 is 18.2. The third-order valence-corrected chi connectivity index (χ3v) is 4.86. The summed E-state index contributed by atoms with van der Waals surface area (Å²) >= 11 is 0. The molecule has 0 unspecified atom stereocenters. The lowest BCUT2D eigenvalue weighted by Crippen LogP contribution is -2.14. The van der Waals surface area contributed by atoms with Gasteiger partial charge in [-0.15, -0.1) is 0 Å². The molecule has 0 amide bonds. The van der Waals surface area contributed by atoms with Crippen LogP contribution in [-0.4, -0.2) is 33.7 Å². The van der Waals surface area contributed by atoms with Gasteiger partial charge in [-0.25, -0.2) is 0 Å². The molecule has 2 aromatic heterocycles. The first kappa shape index (κ1) is 19.4. The van der Waals surface area contributed by atoms with E-state index in [2.05, 4.69) is 4.98 Å². The SMILES string of the molecule is Cc1ccc(OCC(=O)c2cc(C)n(-c3ccc4c(c3)OCO4)c2C)c([N+](=O)[O-])n1. The van der Waals surface area contributed by atoms with Crippen LogP contribution in [0.2, 0.25) is 0 Å². The number of aromatic nitrogens is 2. The number of nitro groups is 1. The monoisotopic (exact) mass is 409 g/mol. The molecule has 0 radical (unpaired) electrons. The first-order valence-electron chi connectivity index (χ1n) is 9.22. The molecule has 0 fully saturated rings. The molecule has 0 atom stereocenters. The predicted molar refractivity (Wildman–Crippen MR) is 107 cm³/mol. The van der Waals surface area contributed by atoms with Gasteiger partial charge in [0.2, 0.25) is 18.3 Å². The minimum Gasteiger partial charge on any atom is -0.477 e. The number of benzene rings is 1. The van der Waals surface area contributed by atoms with Gasteiger partial charge in [-0.3, -0.25) is 4.79 Å². The van der Waals surface area contributed by atoms with E-state index in [-0.39, 0.29) is 24.9 Å². The van der Waals surface area contributed by atoms with Gasteiger partial charge in [-0.2, -0.15) is 0 Å². The van der Waals surface area contributed by atoms with E-state index >= 15 is 0 Å². The van der Waals surface area contributed by atoms with E-state index in [0.717, 1.165) is 17.1 Å². The van der Waals surface area contributed by atoms with Crippen LogP contribution in [0.15, 0.2) is 36.4 Å². The van der Waals surface area contributed by atoms with Gasteiger partial charge in [0.1, 0.15) is 5.69 Å². The Morgan fingerprint density at radius 1 is 1.17 bits per heavy atom. The van der Waals surface area contributed by atoms with Crippen molar-refractivity contribution in [1.82, 2.24) is 9.55 Å². The van der Waals surface area contributed by atoms with Gasteiger partial charge in [-0.1, -0.05) is 0 Å². The summed E-state index contributed by atoms with van der Waals surface area (Å²) in [5, 5.41) is 11.2. The van der Waals surface area contributed by atoms with Crippen LogP contribution in [0.3, 0.4) is 0 Å². The number of aryl methyl sites for hydroxylation is 2. The molecule has 154 valence electrons. The van der Waals surface area contributed by atoms with Crippen molar-refractivity contribution in [3.63, 3.8) is 0 Å². The van der Waals surface area contributed by atoms with Crippen LogP contribution in [0, 0.1) is 30.9 Å². The van der Waals surface area contributed by atoms with Crippen molar-refractivity contribution >= 4 is 11.6 Å². The van der Waals surface area contributed by atoms with Crippen LogP contribution in [0.5, 0.6) is 17.2 Å². The Kier molecular flexibility index (Phi) is 4.86. The summed E-state index contributed by atoms with van der Waals surface area (Å²) in [6.07, 6.45) is 0. The number of rotatable bonds is 6. The summed E-state index contributed by atoms with van der Waals surface area (Å²) in [6.45, 7) is 5.22. The fourth-order valence-electron chi connectivity index (χ4n) is 3.46. The molecule has 0 aliphatic carbocycles. The highest BCUT2D eigenvalue weighted by Gasteiger charge is 2.22. The van der Waals surface area contributed by atoms with E-state index in [1.807, 2.05) is 36.6 Å². The minimum absolute atomic E-state index is 0.0384. The molecule has 0 saturated heterocycles. The third-order valence-electron chi connectivity index (χ3n) is 4.86. The summed E-state index contributed by atoms with van der Waals surface area (Å²) in [6, 6.07) is 10.4. The Hall–Kier alpha value is -3.88. The van der Waals surface area contributed by atoms with Gasteiger partial charge in [0.25, 0.3) is 0 Å². The lowest BCUT2D eigenvalue weighted by Gasteiger charge is -2.11. The van der Waals surface area contributed by atoms with Gasteiger partial charge in [-0.05, 0) is 54.1 Å². The van der Waals surface area contributed by atoms with Gasteiger partial charge < -0.3 is 28.9 Å². The highest BCUT2D eigenvalue weighted by molar-refractivity contribution is 5.98. The maximum atomic E-state index is 12.8. The second-order valence-corrected chi connectivity index (χ2v) is 6.90. The van der Waals surface area contributed by atoms with Crippen molar-refractivity contribution in [2.24, 2.45) is 0 Å². The van der Waals surface area contributed by atoms with Crippen molar-refractivity contribution in [2.75, 3.05) is 13.4 Å². The lowest BCUT2D eigenvalue weighted by atomic mass is 10.1. The predicted octanol–water partition coefficient (Wildman–Crippen LogP) is 3.70. The number of nitrogens with zero attached hydrogens (tertiary/aromatic N) is 3. The average Bonchev–Trinajstić information content (AvgIpc) is 3.29. The van der Waals surface area contributed by atoms with Gasteiger partial charge in [0, 0.05) is 35.6 Å². The number of ether oxygens (including phenoxy) is 3.